The van der Waals surface area contributed by atoms with Crippen molar-refractivity contribution >= 4 is 40.7 Å². The van der Waals surface area contributed by atoms with E-state index in [1.807, 2.05) is 24.3 Å². The highest BCUT2D eigenvalue weighted by molar-refractivity contribution is 8.15. The van der Waals surface area contributed by atoms with Crippen molar-refractivity contribution in [2.24, 2.45) is 10.2 Å². The van der Waals surface area contributed by atoms with Gasteiger partial charge in [-0.2, -0.15) is 5.10 Å². The number of nitrogens with one attached hydrogen (secondary N) is 1. The Bertz CT molecular complexity index is 728. The Kier molecular flexibility index (Phi) is 4.60. The number of benzene rings is 1. The summed E-state index contributed by atoms with van der Waals surface area (Å²) >= 11 is 7.47. The molecule has 1 aromatic carbocycles. The van der Waals surface area contributed by atoms with E-state index in [9.17, 15) is 4.79 Å². The largest absolute Gasteiger partial charge is 0.463 e. The van der Waals surface area contributed by atoms with Gasteiger partial charge in [0.1, 0.15) is 5.76 Å². The summed E-state index contributed by atoms with van der Waals surface area (Å²) in [5.74, 6) is 0.517. The summed E-state index contributed by atoms with van der Waals surface area (Å²) in [6, 6.07) is 11.0. The van der Waals surface area contributed by atoms with Gasteiger partial charge in [-0.3, -0.25) is 4.79 Å². The number of furan rings is 1. The van der Waals surface area contributed by atoms with Crippen LogP contribution in [0.5, 0.6) is 0 Å². The second kappa shape index (κ2) is 6.81. The van der Waals surface area contributed by atoms with Crippen molar-refractivity contribution in [1.82, 2.24) is 5.32 Å². The monoisotopic (exact) mass is 333 g/mol. The third kappa shape index (κ3) is 3.58. The second-order valence-corrected chi connectivity index (χ2v) is 6.16. The van der Waals surface area contributed by atoms with Crippen LogP contribution in [0.25, 0.3) is 0 Å². The molecule has 0 aliphatic carbocycles. The average molecular weight is 334 g/mol. The molecule has 7 heteroatoms. The van der Waals surface area contributed by atoms with Crippen molar-refractivity contribution in [3.63, 3.8) is 0 Å². The molecule has 1 atom stereocenters. The summed E-state index contributed by atoms with van der Waals surface area (Å²) in [6.45, 7) is 0. The highest BCUT2D eigenvalue weighted by atomic mass is 35.5. The lowest BCUT2D eigenvalue weighted by atomic mass is 10.1. The number of amides is 1. The highest BCUT2D eigenvalue weighted by Gasteiger charge is 2.30. The molecule has 2 aromatic rings. The van der Waals surface area contributed by atoms with E-state index < -0.39 is 0 Å². The number of thioether (sulfide) groups is 1. The molecule has 1 aliphatic rings. The molecule has 22 heavy (non-hydrogen) atoms. The van der Waals surface area contributed by atoms with Crippen LogP contribution in [0.1, 0.15) is 11.3 Å². The Morgan fingerprint density at radius 1 is 1.32 bits per heavy atom. The summed E-state index contributed by atoms with van der Waals surface area (Å²) in [5.41, 5.74) is 0.942. The number of hydrogen-bond acceptors (Lipinski definition) is 5. The number of nitrogens with zero attached hydrogens (tertiary/aromatic N) is 2. The molecule has 1 amide bonds. The second-order valence-electron chi connectivity index (χ2n) is 4.56. The van der Waals surface area contributed by atoms with Crippen molar-refractivity contribution in [3.8, 4) is 0 Å². The number of rotatable bonds is 4. The maximum absolute atomic E-state index is 12.0. The van der Waals surface area contributed by atoms with Crippen LogP contribution in [-0.2, 0) is 11.2 Å². The van der Waals surface area contributed by atoms with Crippen LogP contribution in [0, 0.1) is 0 Å². The van der Waals surface area contributed by atoms with Crippen molar-refractivity contribution in [2.75, 3.05) is 0 Å². The molecule has 1 saturated heterocycles. The van der Waals surface area contributed by atoms with Crippen molar-refractivity contribution < 1.29 is 9.21 Å². The van der Waals surface area contributed by atoms with Crippen LogP contribution in [0.2, 0.25) is 5.02 Å². The zero-order chi connectivity index (χ0) is 15.4. The fraction of sp³-hybridized carbons (Fsp3) is 0.133. The van der Waals surface area contributed by atoms with Crippen LogP contribution < -0.4 is 5.32 Å². The number of carbonyl (C=O) groups excluding carboxylic acids is 1. The minimum Gasteiger partial charge on any atom is -0.463 e. The van der Waals surface area contributed by atoms with Gasteiger partial charge >= 0.3 is 0 Å². The first-order valence-corrected chi connectivity index (χ1v) is 7.83. The Morgan fingerprint density at radius 3 is 2.95 bits per heavy atom. The topological polar surface area (TPSA) is 67.0 Å². The van der Waals surface area contributed by atoms with Gasteiger partial charge in [0.2, 0.25) is 5.91 Å². The van der Waals surface area contributed by atoms with Crippen LogP contribution in [-0.4, -0.2) is 22.5 Å². The average Bonchev–Trinajstić information content (AvgIpc) is 3.12. The highest BCUT2D eigenvalue weighted by Crippen LogP contribution is 2.26. The molecule has 1 aliphatic heterocycles. The van der Waals surface area contributed by atoms with Crippen molar-refractivity contribution in [1.29, 1.82) is 0 Å². The molecule has 0 saturated carbocycles. The number of halogens is 1. The van der Waals surface area contributed by atoms with Crippen molar-refractivity contribution in [2.45, 2.75) is 11.7 Å². The minimum absolute atomic E-state index is 0.0862. The van der Waals surface area contributed by atoms with E-state index in [1.165, 1.54) is 18.0 Å². The predicted octanol–water partition coefficient (Wildman–Crippen LogP) is 3.10. The van der Waals surface area contributed by atoms with Gasteiger partial charge in [-0.25, -0.2) is 0 Å². The molecule has 2 heterocycles. The Balaban J connectivity index is 1.64. The fourth-order valence-corrected chi connectivity index (χ4v) is 3.12. The van der Waals surface area contributed by atoms with Crippen molar-refractivity contribution in [3.05, 3.63) is 59.0 Å². The Morgan fingerprint density at radius 2 is 2.18 bits per heavy atom. The smallest absolute Gasteiger partial charge is 0.239 e. The maximum Gasteiger partial charge on any atom is 0.239 e. The van der Waals surface area contributed by atoms with Gasteiger partial charge in [-0.05, 0) is 30.2 Å². The summed E-state index contributed by atoms with van der Waals surface area (Å²) in [7, 11) is 0. The third-order valence-electron chi connectivity index (χ3n) is 3.02. The van der Waals surface area contributed by atoms with Crippen LogP contribution in [0.15, 0.2) is 57.3 Å². The van der Waals surface area contributed by atoms with E-state index in [1.54, 1.807) is 18.4 Å². The van der Waals surface area contributed by atoms with E-state index in [4.69, 9.17) is 16.0 Å². The van der Waals surface area contributed by atoms with E-state index >= 15 is 0 Å². The molecule has 3 rings (SSSR count). The van der Waals surface area contributed by atoms with Gasteiger partial charge < -0.3 is 9.73 Å². The molecule has 1 unspecified atom stereocenters. The molecule has 0 bridgehead atoms. The first kappa shape index (κ1) is 14.9. The van der Waals surface area contributed by atoms with Gasteiger partial charge in [-0.15, -0.1) is 5.10 Å². The minimum atomic E-state index is -0.252. The molecule has 5 nitrogen and oxygen atoms in total. The quantitative estimate of drug-likeness (QED) is 0.690. The number of amidine groups is 1. The Labute approximate surface area is 136 Å². The van der Waals surface area contributed by atoms with E-state index in [2.05, 4.69) is 15.5 Å². The zero-order valence-corrected chi connectivity index (χ0v) is 13.0. The molecular weight excluding hydrogens is 322 g/mol. The third-order valence-corrected chi connectivity index (χ3v) is 4.46. The normalized spacial score (nSPS) is 20.0. The lowest BCUT2D eigenvalue weighted by Gasteiger charge is -2.06. The lowest BCUT2D eigenvalue weighted by Crippen LogP contribution is -2.26. The number of hydrogen-bond donors (Lipinski definition) is 1. The van der Waals surface area contributed by atoms with Gasteiger partial charge in [-0.1, -0.05) is 41.6 Å². The summed E-state index contributed by atoms with van der Waals surface area (Å²) in [4.78, 5) is 12.0. The first-order valence-electron chi connectivity index (χ1n) is 6.58. The Hall–Kier alpha value is -2.05. The van der Waals surface area contributed by atoms with E-state index in [-0.39, 0.29) is 11.2 Å². The molecule has 1 fully saturated rings. The van der Waals surface area contributed by atoms with E-state index in [0.717, 1.165) is 5.56 Å². The van der Waals surface area contributed by atoms with Crippen LogP contribution in [0.4, 0.5) is 0 Å². The molecule has 1 aromatic heterocycles. The summed E-state index contributed by atoms with van der Waals surface area (Å²) in [6.07, 6.45) is 3.60. The molecule has 0 radical (unpaired) electrons. The van der Waals surface area contributed by atoms with Gasteiger partial charge in [0.15, 0.2) is 5.17 Å². The van der Waals surface area contributed by atoms with E-state index in [0.29, 0.717) is 22.4 Å². The fourth-order valence-electron chi connectivity index (χ4n) is 1.95. The summed E-state index contributed by atoms with van der Waals surface area (Å²) < 4.78 is 5.11. The maximum atomic E-state index is 12.0. The molecule has 112 valence electrons. The van der Waals surface area contributed by atoms with Gasteiger partial charge in [0.25, 0.3) is 0 Å². The number of carbonyl (C=O) groups is 1. The molecular formula is C15H12ClN3O2S. The molecule has 1 N–H and O–H groups in total. The standard InChI is InChI=1S/C15H12ClN3O2S/c16-12-6-2-1-4-10(12)8-13-14(20)18-15(22-13)19-17-9-11-5-3-7-21-11/h1-7,9,13H,8H2,(H,18,19,20)/b17-9+. The molecule has 0 spiro atoms. The first-order chi connectivity index (χ1) is 10.7. The summed E-state index contributed by atoms with van der Waals surface area (Å²) in [5, 5.41) is 11.5. The van der Waals surface area contributed by atoms with Gasteiger partial charge in [0.05, 0.1) is 17.7 Å². The van der Waals surface area contributed by atoms with Crippen LogP contribution >= 0.6 is 23.4 Å². The van der Waals surface area contributed by atoms with Gasteiger partial charge in [0, 0.05) is 5.02 Å². The SMILES string of the molecule is O=C1N/C(=N\N=C\c2ccco2)SC1Cc1ccccc1Cl. The van der Waals surface area contributed by atoms with Crippen LogP contribution in [0.3, 0.4) is 0 Å². The predicted molar refractivity (Wildman–Crippen MR) is 88.4 cm³/mol. The zero-order valence-electron chi connectivity index (χ0n) is 11.4. The lowest BCUT2D eigenvalue weighted by molar-refractivity contribution is -0.118.